The van der Waals surface area contributed by atoms with Crippen LogP contribution in [0, 0.1) is 26.7 Å². The van der Waals surface area contributed by atoms with Gasteiger partial charge in [-0.25, -0.2) is 0 Å². The number of phenols is 1. The Morgan fingerprint density at radius 2 is 2.02 bits per heavy atom. The zero-order chi connectivity index (χ0) is 33.1. The molecule has 0 saturated carbocycles. The number of benzene rings is 1. The highest BCUT2D eigenvalue weighted by atomic mass is 35.5. The first kappa shape index (κ1) is 30.3. The number of halogens is 1. The van der Waals surface area contributed by atoms with E-state index in [9.17, 15) is 19.8 Å². The van der Waals surface area contributed by atoms with E-state index in [0.717, 1.165) is 58.6 Å². The van der Waals surface area contributed by atoms with E-state index in [0.29, 0.717) is 27.4 Å². The SMILES string of the molecule is Cc1cc(C)c(CNC(=O)c2cc3c(Cl)ccn3c(C(C)c3cc(O)c4c5c3C[C@@H]3[C@@H]6C=C[C@H](O)[C@H](O4)[C@]56CCN3C)c2C)c(=O)[nH]1. The summed E-state index contributed by atoms with van der Waals surface area (Å²) in [5.41, 5.74) is 7.47. The largest absolute Gasteiger partial charge is 0.504 e. The number of rotatable bonds is 5. The van der Waals surface area contributed by atoms with Crippen LogP contribution in [0.3, 0.4) is 0 Å². The number of likely N-dealkylation sites (tertiary alicyclic amines) is 1. The van der Waals surface area contributed by atoms with Gasteiger partial charge in [0.05, 0.1) is 10.5 Å². The maximum absolute atomic E-state index is 13.8. The Hall–Kier alpha value is -4.05. The zero-order valence-electron chi connectivity index (χ0n) is 27.1. The number of hydrogen-bond donors (Lipinski definition) is 4. The van der Waals surface area contributed by atoms with Gasteiger partial charge < -0.3 is 34.6 Å². The number of amides is 1. The fourth-order valence-electron chi connectivity index (χ4n) is 9.35. The summed E-state index contributed by atoms with van der Waals surface area (Å²) in [4.78, 5) is 31.7. The molecule has 9 nitrogen and oxygen atoms in total. The van der Waals surface area contributed by atoms with Crippen LogP contribution in [0.25, 0.3) is 5.52 Å². The first-order valence-corrected chi connectivity index (χ1v) is 16.7. The molecule has 4 N–H and O–H groups in total. The molecule has 3 aromatic heterocycles. The van der Waals surface area contributed by atoms with Crippen LogP contribution in [0.5, 0.6) is 11.5 Å². The molecule has 10 heteroatoms. The number of aromatic hydroxyl groups is 1. The maximum atomic E-state index is 13.8. The fourth-order valence-corrected chi connectivity index (χ4v) is 9.55. The summed E-state index contributed by atoms with van der Waals surface area (Å²) in [6.45, 7) is 8.72. The van der Waals surface area contributed by atoms with Gasteiger partial charge >= 0.3 is 0 Å². The molecule has 47 heavy (non-hydrogen) atoms. The molecule has 1 fully saturated rings. The van der Waals surface area contributed by atoms with E-state index in [2.05, 4.69) is 35.2 Å². The van der Waals surface area contributed by atoms with Gasteiger partial charge in [0.2, 0.25) is 0 Å². The molecule has 2 bridgehead atoms. The number of likely N-dealkylation sites (N-methyl/N-ethyl adjacent to an activating group) is 1. The summed E-state index contributed by atoms with van der Waals surface area (Å²) in [7, 11) is 2.17. The average Bonchev–Trinajstić information content (AvgIpc) is 3.57. The summed E-state index contributed by atoms with van der Waals surface area (Å²) in [6, 6.07) is 7.56. The smallest absolute Gasteiger partial charge is 0.253 e. The summed E-state index contributed by atoms with van der Waals surface area (Å²) >= 11 is 6.70. The number of aliphatic hydroxyl groups is 1. The third kappa shape index (κ3) is 4.15. The lowest BCUT2D eigenvalue weighted by Gasteiger charge is -2.56. The number of ether oxygens (including phenoxy) is 1. The molecule has 2 aliphatic carbocycles. The molecule has 1 amide bonds. The molecule has 2 aliphatic heterocycles. The Balaban J connectivity index is 1.26. The number of phenolic OH excluding ortho intramolecular Hbond substituents is 1. The lowest BCUT2D eigenvalue weighted by atomic mass is 9.52. The van der Waals surface area contributed by atoms with Crippen molar-refractivity contribution in [3.05, 3.63) is 108 Å². The van der Waals surface area contributed by atoms with Gasteiger partial charge in [0, 0.05) is 64.1 Å². The first-order chi connectivity index (χ1) is 22.4. The van der Waals surface area contributed by atoms with E-state index in [4.69, 9.17) is 16.3 Å². The molecule has 4 aliphatic rings. The number of fused-ring (bicyclic) bond motifs is 1. The highest BCUT2D eigenvalue weighted by Gasteiger charge is 2.64. The summed E-state index contributed by atoms with van der Waals surface area (Å²) < 4.78 is 8.50. The molecular formula is C37H39ClN4O5. The Kier molecular flexibility index (Phi) is 6.75. The van der Waals surface area contributed by atoms with Crippen molar-refractivity contribution in [2.45, 2.75) is 76.7 Å². The van der Waals surface area contributed by atoms with E-state index in [1.54, 1.807) is 6.07 Å². The van der Waals surface area contributed by atoms with Gasteiger partial charge in [0.25, 0.3) is 11.5 Å². The van der Waals surface area contributed by atoms with Gasteiger partial charge in [-0.2, -0.15) is 0 Å². The summed E-state index contributed by atoms with van der Waals surface area (Å²) in [6.07, 6.45) is 6.34. The molecule has 4 aromatic rings. The number of hydrogen-bond acceptors (Lipinski definition) is 6. The van der Waals surface area contributed by atoms with E-state index in [-0.39, 0.29) is 41.6 Å². The zero-order valence-corrected chi connectivity index (χ0v) is 27.9. The highest BCUT2D eigenvalue weighted by molar-refractivity contribution is 6.34. The van der Waals surface area contributed by atoms with Gasteiger partial charge in [0.1, 0.15) is 12.2 Å². The molecule has 5 heterocycles. The summed E-state index contributed by atoms with van der Waals surface area (Å²) in [5.74, 6) is 0.192. The number of nitrogens with zero attached hydrogens (tertiary/aromatic N) is 2. The fraction of sp³-hybridized carbons (Fsp3) is 0.405. The van der Waals surface area contributed by atoms with Crippen LogP contribution in [0.2, 0.25) is 5.02 Å². The van der Waals surface area contributed by atoms with Crippen molar-refractivity contribution in [1.29, 1.82) is 0 Å². The van der Waals surface area contributed by atoms with Crippen LogP contribution in [-0.2, 0) is 18.4 Å². The Labute approximate surface area is 277 Å². The van der Waals surface area contributed by atoms with E-state index >= 15 is 0 Å². The van der Waals surface area contributed by atoms with Crippen LogP contribution >= 0.6 is 11.6 Å². The van der Waals surface area contributed by atoms with Gasteiger partial charge in [-0.05, 0) is 93.7 Å². The van der Waals surface area contributed by atoms with Crippen molar-refractivity contribution >= 4 is 23.0 Å². The highest BCUT2D eigenvalue weighted by Crippen LogP contribution is 2.63. The topological polar surface area (TPSA) is 119 Å². The van der Waals surface area contributed by atoms with E-state index < -0.39 is 17.6 Å². The van der Waals surface area contributed by atoms with Gasteiger partial charge in [-0.3, -0.25) is 9.59 Å². The normalized spacial score (nSPS) is 26.3. The number of H-pyrrole nitrogens is 1. The molecule has 1 saturated heterocycles. The lowest BCUT2D eigenvalue weighted by Crippen LogP contribution is -2.64. The number of aliphatic hydroxyl groups excluding tert-OH is 1. The third-order valence-corrected chi connectivity index (χ3v) is 11.9. The Morgan fingerprint density at radius 1 is 1.23 bits per heavy atom. The molecule has 0 radical (unpaired) electrons. The molecule has 1 unspecified atom stereocenters. The number of aromatic amines is 1. The lowest BCUT2D eigenvalue weighted by molar-refractivity contribution is -0.0454. The second-order valence-electron chi connectivity index (χ2n) is 14.0. The van der Waals surface area contributed by atoms with Crippen molar-refractivity contribution in [3.63, 3.8) is 0 Å². The monoisotopic (exact) mass is 654 g/mol. The molecule has 6 atom stereocenters. The minimum atomic E-state index is -0.757. The molecule has 1 aromatic carbocycles. The predicted octanol–water partition coefficient (Wildman–Crippen LogP) is 4.80. The number of carbonyl (C=O) groups excluding carboxylic acids is 1. The van der Waals surface area contributed by atoms with Crippen molar-refractivity contribution in [2.24, 2.45) is 5.92 Å². The Morgan fingerprint density at radius 3 is 2.79 bits per heavy atom. The molecule has 8 rings (SSSR count). The second-order valence-corrected chi connectivity index (χ2v) is 14.4. The standard InChI is InChI=1S/C37H39ClN4O5/c1-17-12-18(2)40-36(46)24(17)16-39-35(45)22-13-28-26(38)8-10-42(28)32(20(22)4)19(3)21-15-30(44)33-31-23(21)14-27-25-6-7-29(43)34(47-33)37(25,31)9-11-41(27)5/h6-8,10,12-13,15,19,25,27,29,34,43-44H,9,11,14,16H2,1-5H3,(H,39,45)(H,40,46)/t19?,25-,27+,29-,34-,37-/m0/s1. The number of pyridine rings is 2. The molecule has 244 valence electrons. The number of carbonyl (C=O) groups is 1. The van der Waals surface area contributed by atoms with Crippen molar-refractivity contribution in [1.82, 2.24) is 19.6 Å². The van der Waals surface area contributed by atoms with Crippen LogP contribution < -0.4 is 15.6 Å². The maximum Gasteiger partial charge on any atom is 0.253 e. The van der Waals surface area contributed by atoms with Gasteiger partial charge in [-0.15, -0.1) is 0 Å². The Bertz CT molecular complexity index is 2100. The third-order valence-electron chi connectivity index (χ3n) is 11.6. The average molecular weight is 655 g/mol. The molecular weight excluding hydrogens is 616 g/mol. The quantitative estimate of drug-likeness (QED) is 0.230. The number of aromatic nitrogens is 2. The second kappa shape index (κ2) is 10.5. The predicted molar refractivity (Wildman–Crippen MR) is 180 cm³/mol. The van der Waals surface area contributed by atoms with Crippen LogP contribution in [-0.4, -0.2) is 62.2 Å². The van der Waals surface area contributed by atoms with E-state index in [1.165, 1.54) is 0 Å². The van der Waals surface area contributed by atoms with Crippen LogP contribution in [0.15, 0.2) is 47.4 Å². The minimum Gasteiger partial charge on any atom is -0.504 e. The first-order valence-electron chi connectivity index (χ1n) is 16.3. The van der Waals surface area contributed by atoms with Crippen LogP contribution in [0.4, 0.5) is 0 Å². The number of piperidine rings is 1. The minimum absolute atomic E-state index is 0.0738. The van der Waals surface area contributed by atoms with Gasteiger partial charge in [-0.1, -0.05) is 30.7 Å². The number of nitrogens with one attached hydrogen (secondary N) is 2. The van der Waals surface area contributed by atoms with Crippen molar-refractivity contribution in [3.8, 4) is 11.5 Å². The van der Waals surface area contributed by atoms with Crippen LogP contribution in [0.1, 0.15) is 74.4 Å². The van der Waals surface area contributed by atoms with Crippen molar-refractivity contribution in [2.75, 3.05) is 13.6 Å². The summed E-state index contributed by atoms with van der Waals surface area (Å²) in [5, 5.41) is 26.2. The van der Waals surface area contributed by atoms with Crippen molar-refractivity contribution < 1.29 is 19.7 Å². The van der Waals surface area contributed by atoms with Gasteiger partial charge in [0.15, 0.2) is 11.5 Å². The van der Waals surface area contributed by atoms with E-state index in [1.807, 2.05) is 55.6 Å². The molecule has 1 spiro atoms. The number of aryl methyl sites for hydroxylation is 2.